The zero-order chi connectivity index (χ0) is 25.5. The van der Waals surface area contributed by atoms with Gasteiger partial charge in [0.25, 0.3) is 5.69 Å². The number of esters is 1. The van der Waals surface area contributed by atoms with Crippen LogP contribution < -0.4 is 0 Å². The van der Waals surface area contributed by atoms with Crippen molar-refractivity contribution in [1.82, 2.24) is 4.90 Å². The van der Waals surface area contributed by atoms with Gasteiger partial charge < -0.3 is 14.7 Å². The van der Waals surface area contributed by atoms with E-state index in [1.54, 1.807) is 19.9 Å². The van der Waals surface area contributed by atoms with Gasteiger partial charge in [0.05, 0.1) is 17.1 Å². The second-order valence-corrected chi connectivity index (χ2v) is 8.61. The number of carboxylic acids is 1. The predicted molar refractivity (Wildman–Crippen MR) is 131 cm³/mol. The fourth-order valence-corrected chi connectivity index (χ4v) is 4.37. The molecular formula is C26H29N3O6. The molecule has 1 aliphatic heterocycles. The van der Waals surface area contributed by atoms with Crippen molar-refractivity contribution in [2.45, 2.75) is 32.7 Å². The third-order valence-electron chi connectivity index (χ3n) is 5.97. The van der Waals surface area contributed by atoms with Crippen molar-refractivity contribution >= 4 is 23.3 Å². The van der Waals surface area contributed by atoms with Gasteiger partial charge in [-0.2, -0.15) is 0 Å². The van der Waals surface area contributed by atoms with Crippen LogP contribution in [0.2, 0.25) is 0 Å². The molecule has 0 aromatic heterocycles. The monoisotopic (exact) mass is 479 g/mol. The van der Waals surface area contributed by atoms with E-state index in [9.17, 15) is 24.8 Å². The molecule has 2 unspecified atom stereocenters. The number of nitro benzene ring substituents is 1. The number of nitrogens with zero attached hydrogens (tertiary/aromatic N) is 3. The zero-order valence-electron chi connectivity index (χ0n) is 20.0. The van der Waals surface area contributed by atoms with E-state index >= 15 is 0 Å². The molecule has 3 rings (SSSR count). The molecule has 0 amide bonds. The standard InChI is InChI=1S/C26H29N3O6/c1-17-22(25(30)31)24(20-11-7-12-21(15-20)29(33)34)23(18(2)27-17)26(32)35-14-8-13-28(3)16-19-9-5-4-6-10-19/h4-7,9-12,15,22,24H,8,13-14,16H2,1-3H3,(H,30,31). The van der Waals surface area contributed by atoms with Crippen LogP contribution in [0.4, 0.5) is 5.69 Å². The first-order chi connectivity index (χ1) is 16.7. The average Bonchev–Trinajstić information content (AvgIpc) is 2.81. The normalized spacial score (nSPS) is 17.8. The Bertz CT molecular complexity index is 1160. The van der Waals surface area contributed by atoms with Gasteiger partial charge in [-0.1, -0.05) is 42.5 Å². The molecule has 0 bridgehead atoms. The molecule has 0 saturated heterocycles. The summed E-state index contributed by atoms with van der Waals surface area (Å²) in [7, 11) is 1.98. The Labute approximate surface area is 203 Å². The van der Waals surface area contributed by atoms with Gasteiger partial charge in [-0.25, -0.2) is 4.79 Å². The molecule has 0 aliphatic carbocycles. The summed E-state index contributed by atoms with van der Waals surface area (Å²) >= 11 is 0. The Balaban J connectivity index is 1.74. The Morgan fingerprint density at radius 1 is 1.14 bits per heavy atom. The molecule has 0 fully saturated rings. The number of nitro groups is 1. The Morgan fingerprint density at radius 2 is 1.86 bits per heavy atom. The van der Waals surface area contributed by atoms with Crippen LogP contribution >= 0.6 is 0 Å². The number of hydrogen-bond acceptors (Lipinski definition) is 7. The van der Waals surface area contributed by atoms with Crippen molar-refractivity contribution in [3.8, 4) is 0 Å². The fraction of sp³-hybridized carbons (Fsp3) is 0.346. The SMILES string of the molecule is CC1=NC(C)=C(C(=O)OCCCN(C)Cc2ccccc2)C(c2cccc([N+](=O)[O-])c2)C1C(=O)O. The van der Waals surface area contributed by atoms with E-state index in [0.717, 1.165) is 6.54 Å². The van der Waals surface area contributed by atoms with E-state index in [1.807, 2.05) is 37.4 Å². The van der Waals surface area contributed by atoms with Crippen molar-refractivity contribution in [2.75, 3.05) is 20.2 Å². The van der Waals surface area contributed by atoms with Crippen LogP contribution in [-0.2, 0) is 20.9 Å². The summed E-state index contributed by atoms with van der Waals surface area (Å²) in [5.41, 5.74) is 2.14. The number of rotatable bonds is 10. The number of carbonyl (C=O) groups excluding carboxylic acids is 1. The molecule has 35 heavy (non-hydrogen) atoms. The molecule has 9 heteroatoms. The second-order valence-electron chi connectivity index (χ2n) is 8.61. The van der Waals surface area contributed by atoms with Gasteiger partial charge in [0, 0.05) is 42.5 Å². The van der Waals surface area contributed by atoms with Gasteiger partial charge in [-0.15, -0.1) is 0 Å². The molecule has 184 valence electrons. The molecule has 0 spiro atoms. The minimum atomic E-state index is -1.16. The van der Waals surface area contributed by atoms with Crippen molar-refractivity contribution < 1.29 is 24.4 Å². The average molecular weight is 480 g/mol. The third kappa shape index (κ3) is 6.39. The van der Waals surface area contributed by atoms with Crippen LogP contribution in [0.15, 0.2) is 70.9 Å². The summed E-state index contributed by atoms with van der Waals surface area (Å²) in [5, 5.41) is 21.2. The van der Waals surface area contributed by atoms with E-state index in [1.165, 1.54) is 23.8 Å². The van der Waals surface area contributed by atoms with Gasteiger partial charge in [0.1, 0.15) is 5.92 Å². The van der Waals surface area contributed by atoms with Gasteiger partial charge in [-0.3, -0.25) is 19.9 Å². The van der Waals surface area contributed by atoms with Gasteiger partial charge in [0.2, 0.25) is 0 Å². The zero-order valence-corrected chi connectivity index (χ0v) is 20.0. The maximum atomic E-state index is 13.1. The number of non-ortho nitro benzene ring substituents is 1. The fourth-order valence-electron chi connectivity index (χ4n) is 4.37. The number of ether oxygens (including phenoxy) is 1. The molecule has 2 aromatic carbocycles. The van der Waals surface area contributed by atoms with Gasteiger partial charge in [-0.05, 0) is 38.4 Å². The highest BCUT2D eigenvalue weighted by atomic mass is 16.6. The number of benzene rings is 2. The molecule has 1 N–H and O–H groups in total. The summed E-state index contributed by atoms with van der Waals surface area (Å²) in [6.45, 7) is 4.82. The molecule has 1 heterocycles. The summed E-state index contributed by atoms with van der Waals surface area (Å²) < 4.78 is 5.53. The van der Waals surface area contributed by atoms with Gasteiger partial charge in [0.15, 0.2) is 0 Å². The highest BCUT2D eigenvalue weighted by Gasteiger charge is 2.42. The Morgan fingerprint density at radius 3 is 2.51 bits per heavy atom. The topological polar surface area (TPSA) is 122 Å². The summed E-state index contributed by atoms with van der Waals surface area (Å²) in [6, 6.07) is 15.7. The van der Waals surface area contributed by atoms with Crippen LogP contribution in [0, 0.1) is 16.0 Å². The first kappa shape index (κ1) is 25.8. The highest BCUT2D eigenvalue weighted by Crippen LogP contribution is 2.40. The number of hydrogen-bond donors (Lipinski definition) is 1. The van der Waals surface area contributed by atoms with Crippen LogP contribution in [0.1, 0.15) is 37.3 Å². The number of aliphatic carboxylic acids is 1. The van der Waals surface area contributed by atoms with E-state index in [4.69, 9.17) is 4.74 Å². The lowest BCUT2D eigenvalue weighted by Crippen LogP contribution is -2.35. The largest absolute Gasteiger partial charge is 0.481 e. The Kier molecular flexibility index (Phi) is 8.48. The maximum Gasteiger partial charge on any atom is 0.336 e. The summed E-state index contributed by atoms with van der Waals surface area (Å²) in [4.78, 5) is 42.4. The maximum absolute atomic E-state index is 13.1. The van der Waals surface area contributed by atoms with E-state index in [0.29, 0.717) is 29.9 Å². The number of carboxylic acid groups (broad SMARTS) is 1. The molecule has 2 aromatic rings. The van der Waals surface area contributed by atoms with Crippen molar-refractivity contribution in [1.29, 1.82) is 0 Å². The number of carbonyl (C=O) groups is 2. The Hall–Kier alpha value is -3.85. The minimum Gasteiger partial charge on any atom is -0.481 e. The first-order valence-electron chi connectivity index (χ1n) is 11.3. The second kappa shape index (κ2) is 11.5. The lowest BCUT2D eigenvalue weighted by molar-refractivity contribution is -0.384. The number of aliphatic imine (C=N–C) groups is 1. The lowest BCUT2D eigenvalue weighted by Gasteiger charge is -2.30. The molecule has 2 atom stereocenters. The van der Waals surface area contributed by atoms with Crippen LogP contribution in [0.5, 0.6) is 0 Å². The first-order valence-corrected chi connectivity index (χ1v) is 11.3. The lowest BCUT2D eigenvalue weighted by atomic mass is 9.75. The smallest absolute Gasteiger partial charge is 0.336 e. The minimum absolute atomic E-state index is 0.112. The highest BCUT2D eigenvalue weighted by molar-refractivity contribution is 6.06. The van der Waals surface area contributed by atoms with Crippen molar-refractivity contribution in [3.63, 3.8) is 0 Å². The van der Waals surface area contributed by atoms with Crippen LogP contribution in [0.25, 0.3) is 0 Å². The van der Waals surface area contributed by atoms with Crippen LogP contribution in [0.3, 0.4) is 0 Å². The van der Waals surface area contributed by atoms with Crippen molar-refractivity contribution in [3.05, 3.63) is 87.1 Å². The molecule has 0 saturated carbocycles. The van der Waals surface area contributed by atoms with Crippen molar-refractivity contribution in [2.24, 2.45) is 10.9 Å². The molecule has 1 aliphatic rings. The predicted octanol–water partition coefficient (Wildman–Crippen LogP) is 4.19. The number of allylic oxidation sites excluding steroid dienone is 1. The van der Waals surface area contributed by atoms with Gasteiger partial charge >= 0.3 is 11.9 Å². The van der Waals surface area contributed by atoms with E-state index in [2.05, 4.69) is 9.89 Å². The van der Waals surface area contributed by atoms with E-state index in [-0.39, 0.29) is 17.9 Å². The molecular weight excluding hydrogens is 450 g/mol. The molecule has 0 radical (unpaired) electrons. The third-order valence-corrected chi connectivity index (χ3v) is 5.97. The molecule has 9 nitrogen and oxygen atoms in total. The quantitative estimate of drug-likeness (QED) is 0.235. The van der Waals surface area contributed by atoms with E-state index < -0.39 is 28.7 Å². The summed E-state index contributed by atoms with van der Waals surface area (Å²) in [5.74, 6) is -3.91. The van der Waals surface area contributed by atoms with Crippen LogP contribution in [-0.4, -0.2) is 52.8 Å². The summed E-state index contributed by atoms with van der Waals surface area (Å²) in [6.07, 6.45) is 0.591.